The van der Waals surface area contributed by atoms with Crippen LogP contribution in [0.5, 0.6) is 0 Å². The van der Waals surface area contributed by atoms with Crippen LogP contribution in [-0.2, 0) is 18.4 Å². The van der Waals surface area contributed by atoms with E-state index in [0.29, 0.717) is 0 Å². The molecule has 24 heavy (non-hydrogen) atoms. The number of fused-ring (bicyclic) bond motifs is 2. The Morgan fingerprint density at radius 1 is 1.42 bits per heavy atom. The van der Waals surface area contributed by atoms with Gasteiger partial charge in [0.2, 0.25) is 0 Å². The second-order valence-electron chi connectivity index (χ2n) is 7.27. The van der Waals surface area contributed by atoms with Gasteiger partial charge in [-0.1, -0.05) is 6.92 Å². The molecule has 1 saturated heterocycles. The summed E-state index contributed by atoms with van der Waals surface area (Å²) in [6.45, 7) is 6.54. The minimum absolute atomic E-state index is 0.0764. The number of carbonyl (C=O) groups excluding carboxylic acids is 1. The highest BCUT2D eigenvalue weighted by Gasteiger charge is 2.44. The Hall–Kier alpha value is -2.11. The Bertz CT molecular complexity index is 761. The van der Waals surface area contributed by atoms with Gasteiger partial charge in [0.1, 0.15) is 0 Å². The summed E-state index contributed by atoms with van der Waals surface area (Å²) in [6, 6.07) is 0. The van der Waals surface area contributed by atoms with E-state index < -0.39 is 0 Å². The lowest BCUT2D eigenvalue weighted by Gasteiger charge is -2.40. The van der Waals surface area contributed by atoms with Crippen molar-refractivity contribution in [3.8, 4) is 0 Å². The summed E-state index contributed by atoms with van der Waals surface area (Å²) in [4.78, 5) is 15.1. The lowest BCUT2D eigenvalue weighted by Crippen LogP contribution is -2.47. The molecule has 6 nitrogen and oxygen atoms in total. The predicted molar refractivity (Wildman–Crippen MR) is 91.0 cm³/mol. The van der Waals surface area contributed by atoms with Gasteiger partial charge < -0.3 is 4.90 Å². The lowest BCUT2D eigenvalue weighted by atomic mass is 9.77. The molecular formula is C18H25N5O. The largest absolute Gasteiger partial charge is 0.338 e. The van der Waals surface area contributed by atoms with E-state index in [1.54, 1.807) is 0 Å². The second kappa shape index (κ2) is 5.76. The number of nitrogens with zero attached hydrogens (tertiary/aromatic N) is 4. The minimum Gasteiger partial charge on any atom is -0.338 e. The number of H-pyrrole nitrogens is 1. The van der Waals surface area contributed by atoms with Gasteiger partial charge in [0, 0.05) is 36.9 Å². The third kappa shape index (κ3) is 2.36. The molecule has 2 aromatic rings. The second-order valence-corrected chi connectivity index (χ2v) is 7.27. The molecule has 1 atom stereocenters. The van der Waals surface area contributed by atoms with Crippen LogP contribution in [-0.4, -0.2) is 43.9 Å². The summed E-state index contributed by atoms with van der Waals surface area (Å²) in [6.07, 6.45) is 9.26. The Labute approximate surface area is 142 Å². The molecule has 6 heteroatoms. The first-order chi connectivity index (χ1) is 11.6. The number of aryl methyl sites for hydroxylation is 3. The van der Waals surface area contributed by atoms with Crippen LogP contribution in [0.15, 0.2) is 12.4 Å². The topological polar surface area (TPSA) is 66.8 Å². The van der Waals surface area contributed by atoms with Gasteiger partial charge in [0.25, 0.3) is 5.91 Å². The number of aromatic amines is 1. The first-order valence-electron chi connectivity index (χ1n) is 8.99. The molecule has 1 fully saturated rings. The first kappa shape index (κ1) is 15.4. The highest BCUT2D eigenvalue weighted by atomic mass is 16.2. The standard InChI is InChI=1S/C18H25N5O/c1-3-8-23-11-15(13(2)21-23)17(24)22-9-4-6-18(12-22)7-5-14-10-19-20-16(14)18/h10-11H,3-9,12H2,1-2H3,(H,19,20). The van der Waals surface area contributed by atoms with E-state index >= 15 is 0 Å². The third-order valence-electron chi connectivity index (χ3n) is 5.61. The molecule has 2 aromatic heterocycles. The molecule has 1 aliphatic heterocycles. The van der Waals surface area contributed by atoms with Crippen molar-refractivity contribution in [2.75, 3.05) is 13.1 Å². The van der Waals surface area contributed by atoms with Crippen molar-refractivity contribution in [2.24, 2.45) is 0 Å². The van der Waals surface area contributed by atoms with E-state index in [-0.39, 0.29) is 11.3 Å². The molecular weight excluding hydrogens is 302 g/mol. The van der Waals surface area contributed by atoms with Crippen LogP contribution in [0, 0.1) is 6.92 Å². The zero-order valence-electron chi connectivity index (χ0n) is 14.5. The summed E-state index contributed by atoms with van der Waals surface area (Å²) in [5.41, 5.74) is 4.26. The molecule has 1 amide bonds. The quantitative estimate of drug-likeness (QED) is 0.941. The molecule has 1 N–H and O–H groups in total. The van der Waals surface area contributed by atoms with Crippen molar-refractivity contribution >= 4 is 5.91 Å². The zero-order chi connectivity index (χ0) is 16.7. The average Bonchev–Trinajstić information content (AvgIpc) is 3.26. The fourth-order valence-electron chi connectivity index (χ4n) is 4.41. The van der Waals surface area contributed by atoms with Gasteiger partial charge in [-0.15, -0.1) is 0 Å². The van der Waals surface area contributed by atoms with Crippen molar-refractivity contribution in [3.63, 3.8) is 0 Å². The Kier molecular flexibility index (Phi) is 3.70. The normalized spacial score (nSPS) is 23.0. The number of likely N-dealkylation sites (tertiary alicyclic amines) is 1. The number of nitrogens with one attached hydrogen (secondary N) is 1. The lowest BCUT2D eigenvalue weighted by molar-refractivity contribution is 0.0632. The summed E-state index contributed by atoms with van der Waals surface area (Å²) in [5.74, 6) is 0.127. The summed E-state index contributed by atoms with van der Waals surface area (Å²) in [7, 11) is 0. The molecule has 1 unspecified atom stereocenters. The van der Waals surface area contributed by atoms with Gasteiger partial charge in [-0.25, -0.2) is 0 Å². The van der Waals surface area contributed by atoms with E-state index in [1.165, 1.54) is 11.3 Å². The Balaban J connectivity index is 1.58. The molecule has 128 valence electrons. The molecule has 0 radical (unpaired) electrons. The molecule has 0 aromatic carbocycles. The van der Waals surface area contributed by atoms with Gasteiger partial charge in [0.15, 0.2) is 0 Å². The van der Waals surface area contributed by atoms with Crippen LogP contribution in [0.2, 0.25) is 0 Å². The zero-order valence-corrected chi connectivity index (χ0v) is 14.5. The fraction of sp³-hybridized carbons (Fsp3) is 0.611. The van der Waals surface area contributed by atoms with Gasteiger partial charge in [-0.05, 0) is 44.6 Å². The molecule has 0 bridgehead atoms. The maximum Gasteiger partial charge on any atom is 0.257 e. The van der Waals surface area contributed by atoms with Crippen molar-refractivity contribution in [3.05, 3.63) is 34.9 Å². The molecule has 1 spiro atoms. The van der Waals surface area contributed by atoms with Crippen molar-refractivity contribution in [1.82, 2.24) is 24.9 Å². The maximum atomic E-state index is 13.1. The van der Waals surface area contributed by atoms with Gasteiger partial charge >= 0.3 is 0 Å². The fourth-order valence-corrected chi connectivity index (χ4v) is 4.41. The van der Waals surface area contributed by atoms with E-state index in [1.807, 2.05) is 28.9 Å². The molecule has 1 aliphatic carbocycles. The van der Waals surface area contributed by atoms with Crippen LogP contribution in [0.3, 0.4) is 0 Å². The van der Waals surface area contributed by atoms with Crippen LogP contribution in [0.1, 0.15) is 59.9 Å². The number of rotatable bonds is 3. The van der Waals surface area contributed by atoms with Gasteiger partial charge in [-0.3, -0.25) is 14.6 Å². The maximum absolute atomic E-state index is 13.1. The summed E-state index contributed by atoms with van der Waals surface area (Å²) in [5, 5.41) is 11.9. The predicted octanol–water partition coefficient (Wildman–Crippen LogP) is 2.44. The number of hydrogen-bond donors (Lipinski definition) is 1. The highest BCUT2D eigenvalue weighted by Crippen LogP contribution is 2.44. The van der Waals surface area contributed by atoms with Crippen LogP contribution >= 0.6 is 0 Å². The summed E-state index contributed by atoms with van der Waals surface area (Å²) >= 11 is 0. The number of amides is 1. The minimum atomic E-state index is 0.0764. The van der Waals surface area contributed by atoms with Crippen molar-refractivity contribution in [1.29, 1.82) is 0 Å². The molecule has 4 rings (SSSR count). The summed E-state index contributed by atoms with van der Waals surface area (Å²) < 4.78 is 1.89. The average molecular weight is 327 g/mol. The number of carbonyl (C=O) groups is 1. The van der Waals surface area contributed by atoms with E-state index in [2.05, 4.69) is 22.2 Å². The smallest absolute Gasteiger partial charge is 0.257 e. The van der Waals surface area contributed by atoms with Crippen molar-refractivity contribution < 1.29 is 4.79 Å². The van der Waals surface area contributed by atoms with Crippen LogP contribution < -0.4 is 0 Å². The van der Waals surface area contributed by atoms with E-state index in [0.717, 1.165) is 63.0 Å². The molecule has 3 heterocycles. The van der Waals surface area contributed by atoms with E-state index in [4.69, 9.17) is 0 Å². The Morgan fingerprint density at radius 3 is 3.12 bits per heavy atom. The highest BCUT2D eigenvalue weighted by molar-refractivity contribution is 5.95. The third-order valence-corrected chi connectivity index (χ3v) is 5.61. The number of piperidine rings is 1. The van der Waals surface area contributed by atoms with Crippen LogP contribution in [0.25, 0.3) is 0 Å². The monoisotopic (exact) mass is 327 g/mol. The molecule has 0 saturated carbocycles. The number of hydrogen-bond acceptors (Lipinski definition) is 3. The first-order valence-corrected chi connectivity index (χ1v) is 8.99. The SMILES string of the molecule is CCCn1cc(C(=O)N2CCCC3(CCc4cn[nH]c43)C2)c(C)n1. The van der Waals surface area contributed by atoms with Gasteiger partial charge in [0.05, 0.1) is 17.5 Å². The van der Waals surface area contributed by atoms with Crippen LogP contribution in [0.4, 0.5) is 0 Å². The van der Waals surface area contributed by atoms with E-state index in [9.17, 15) is 4.79 Å². The Morgan fingerprint density at radius 2 is 2.29 bits per heavy atom. The number of aromatic nitrogens is 4. The van der Waals surface area contributed by atoms with Gasteiger partial charge in [-0.2, -0.15) is 10.2 Å². The molecule has 2 aliphatic rings. The van der Waals surface area contributed by atoms with Crippen molar-refractivity contribution in [2.45, 2.75) is 57.9 Å².